The van der Waals surface area contributed by atoms with E-state index >= 15 is 0 Å². The molecule has 18 heavy (non-hydrogen) atoms. The van der Waals surface area contributed by atoms with Crippen LogP contribution in [0.5, 0.6) is 0 Å². The highest BCUT2D eigenvalue weighted by Gasteiger charge is 2.20. The van der Waals surface area contributed by atoms with Gasteiger partial charge in [-0.2, -0.15) is 0 Å². The predicted molar refractivity (Wildman–Crippen MR) is 63.1 cm³/mol. The second-order valence-corrected chi connectivity index (χ2v) is 3.43. The lowest BCUT2D eigenvalue weighted by Crippen LogP contribution is -2.43. The molecule has 8 heteroatoms. The summed E-state index contributed by atoms with van der Waals surface area (Å²) in [6.07, 6.45) is 1.81. The Morgan fingerprint density at radius 2 is 1.89 bits per heavy atom. The highest BCUT2D eigenvalue weighted by molar-refractivity contribution is 6.36. The molecule has 0 aliphatic carbocycles. The third kappa shape index (κ3) is 6.59. The summed E-state index contributed by atoms with van der Waals surface area (Å²) in [5.74, 6) is -1.74. The molecule has 0 radical (unpaired) electrons. The Kier molecular flexibility index (Phi) is 9.10. The molecule has 102 valence electrons. The molecule has 0 spiro atoms. The highest BCUT2D eigenvalue weighted by Crippen LogP contribution is 1.89. The summed E-state index contributed by atoms with van der Waals surface area (Å²) in [5.41, 5.74) is 5.24. The van der Waals surface area contributed by atoms with E-state index in [-0.39, 0.29) is 13.1 Å². The van der Waals surface area contributed by atoms with Crippen molar-refractivity contribution in [2.75, 3.05) is 26.2 Å². The van der Waals surface area contributed by atoms with Gasteiger partial charge in [-0.25, -0.2) is 0 Å². The van der Waals surface area contributed by atoms with Crippen LogP contribution in [-0.4, -0.2) is 55.7 Å². The maximum absolute atomic E-state index is 11.5. The standard InChI is InChI=1S/C10H18N4O4/c11-3-1-6-14(8-16)10(18)9(17)13-5-2-4-12-7-15/h7-8H,1-6,11H2,(H,12,15)(H,13,17). The number of rotatable bonds is 9. The SMILES string of the molecule is NCCCN(C=O)C(=O)C(=O)NCCCNC=O. The Morgan fingerprint density at radius 1 is 1.17 bits per heavy atom. The van der Waals surface area contributed by atoms with Gasteiger partial charge in [-0.1, -0.05) is 0 Å². The molecule has 0 saturated carbocycles. The van der Waals surface area contributed by atoms with Crippen LogP contribution in [0, 0.1) is 0 Å². The van der Waals surface area contributed by atoms with Crippen molar-refractivity contribution in [3.8, 4) is 0 Å². The molecule has 0 fully saturated rings. The third-order valence-corrected chi connectivity index (χ3v) is 2.05. The second-order valence-electron chi connectivity index (χ2n) is 3.43. The molecule has 0 unspecified atom stereocenters. The molecule has 4 amide bonds. The molecular weight excluding hydrogens is 240 g/mol. The average Bonchev–Trinajstić information content (AvgIpc) is 2.38. The largest absolute Gasteiger partial charge is 0.359 e. The van der Waals surface area contributed by atoms with Crippen LogP contribution in [0.4, 0.5) is 0 Å². The van der Waals surface area contributed by atoms with Crippen molar-refractivity contribution in [1.82, 2.24) is 15.5 Å². The zero-order valence-electron chi connectivity index (χ0n) is 10.1. The van der Waals surface area contributed by atoms with Crippen LogP contribution in [0.3, 0.4) is 0 Å². The third-order valence-electron chi connectivity index (χ3n) is 2.05. The van der Waals surface area contributed by atoms with Crippen LogP contribution in [0.2, 0.25) is 0 Å². The molecule has 0 atom stereocenters. The number of carbonyl (C=O) groups is 4. The molecule has 4 N–H and O–H groups in total. The van der Waals surface area contributed by atoms with E-state index in [1.54, 1.807) is 0 Å². The maximum atomic E-state index is 11.5. The Labute approximate surface area is 105 Å². The van der Waals surface area contributed by atoms with E-state index in [0.717, 1.165) is 4.90 Å². The van der Waals surface area contributed by atoms with Crippen molar-refractivity contribution in [3.05, 3.63) is 0 Å². The van der Waals surface area contributed by atoms with Gasteiger partial charge in [-0.3, -0.25) is 24.1 Å². The molecule has 0 aliphatic heterocycles. The summed E-state index contributed by atoms with van der Waals surface area (Å²) < 4.78 is 0. The smallest absolute Gasteiger partial charge is 0.318 e. The fraction of sp³-hybridized carbons (Fsp3) is 0.600. The summed E-state index contributed by atoms with van der Waals surface area (Å²) in [7, 11) is 0. The molecule has 0 bridgehead atoms. The fourth-order valence-electron chi connectivity index (χ4n) is 1.12. The van der Waals surface area contributed by atoms with Crippen LogP contribution in [0.15, 0.2) is 0 Å². The monoisotopic (exact) mass is 258 g/mol. The minimum atomic E-state index is -0.901. The van der Waals surface area contributed by atoms with Gasteiger partial charge >= 0.3 is 11.8 Å². The summed E-state index contributed by atoms with van der Waals surface area (Å²) in [6.45, 7) is 1.10. The number of hydrogen-bond donors (Lipinski definition) is 3. The zero-order valence-corrected chi connectivity index (χ0v) is 10.1. The van der Waals surface area contributed by atoms with Crippen LogP contribution in [0.25, 0.3) is 0 Å². The van der Waals surface area contributed by atoms with E-state index in [2.05, 4.69) is 10.6 Å². The minimum Gasteiger partial charge on any atom is -0.359 e. The maximum Gasteiger partial charge on any atom is 0.318 e. The molecule has 0 saturated heterocycles. The number of nitrogens with two attached hydrogens (primary N) is 1. The number of carbonyl (C=O) groups excluding carboxylic acids is 4. The topological polar surface area (TPSA) is 122 Å². The van der Waals surface area contributed by atoms with Gasteiger partial charge in [-0.15, -0.1) is 0 Å². The molecule has 8 nitrogen and oxygen atoms in total. The van der Waals surface area contributed by atoms with Crippen molar-refractivity contribution >= 4 is 24.6 Å². The van der Waals surface area contributed by atoms with Gasteiger partial charge in [-0.05, 0) is 19.4 Å². The van der Waals surface area contributed by atoms with Crippen molar-refractivity contribution < 1.29 is 19.2 Å². The minimum absolute atomic E-state index is 0.124. The number of imide groups is 1. The van der Waals surface area contributed by atoms with Crippen molar-refractivity contribution in [1.29, 1.82) is 0 Å². The predicted octanol–water partition coefficient (Wildman–Crippen LogP) is -2.43. The molecule has 0 heterocycles. The van der Waals surface area contributed by atoms with Gasteiger partial charge in [0.15, 0.2) is 0 Å². The Balaban J connectivity index is 3.95. The van der Waals surface area contributed by atoms with E-state index in [1.807, 2.05) is 0 Å². The highest BCUT2D eigenvalue weighted by atomic mass is 16.2. The molecule has 0 aromatic rings. The number of nitrogens with one attached hydrogen (secondary N) is 2. The summed E-state index contributed by atoms with van der Waals surface area (Å²) >= 11 is 0. The van der Waals surface area contributed by atoms with Gasteiger partial charge in [0.1, 0.15) is 0 Å². The van der Waals surface area contributed by atoms with Crippen LogP contribution < -0.4 is 16.4 Å². The van der Waals surface area contributed by atoms with Crippen molar-refractivity contribution in [3.63, 3.8) is 0 Å². The number of nitrogens with zero attached hydrogens (tertiary/aromatic N) is 1. The Bertz CT molecular complexity index is 296. The van der Waals surface area contributed by atoms with Crippen LogP contribution in [-0.2, 0) is 19.2 Å². The quantitative estimate of drug-likeness (QED) is 0.241. The van der Waals surface area contributed by atoms with Gasteiger partial charge in [0.05, 0.1) is 0 Å². The molecule has 0 aromatic heterocycles. The van der Waals surface area contributed by atoms with E-state index in [9.17, 15) is 19.2 Å². The number of hydrogen-bond acceptors (Lipinski definition) is 5. The lowest BCUT2D eigenvalue weighted by atomic mass is 10.3. The first-order chi connectivity index (χ1) is 8.67. The fourth-order valence-corrected chi connectivity index (χ4v) is 1.12. The average molecular weight is 258 g/mol. The van der Waals surface area contributed by atoms with E-state index in [1.165, 1.54) is 0 Å². The van der Waals surface area contributed by atoms with Gasteiger partial charge in [0, 0.05) is 19.6 Å². The zero-order chi connectivity index (χ0) is 13.8. The molecule has 0 aromatic carbocycles. The Hall–Kier alpha value is -1.96. The summed E-state index contributed by atoms with van der Waals surface area (Å²) in [5, 5.41) is 4.77. The second kappa shape index (κ2) is 10.2. The first-order valence-corrected chi connectivity index (χ1v) is 5.58. The normalized spacial score (nSPS) is 9.39. The van der Waals surface area contributed by atoms with Gasteiger partial charge in [0.2, 0.25) is 12.8 Å². The van der Waals surface area contributed by atoms with E-state index < -0.39 is 11.8 Å². The summed E-state index contributed by atoms with van der Waals surface area (Å²) in [6, 6.07) is 0. The molecule has 0 rings (SSSR count). The van der Waals surface area contributed by atoms with E-state index in [4.69, 9.17) is 5.73 Å². The molecular formula is C10H18N4O4. The first-order valence-electron chi connectivity index (χ1n) is 5.58. The van der Waals surface area contributed by atoms with Crippen LogP contribution >= 0.6 is 0 Å². The lowest BCUT2D eigenvalue weighted by Gasteiger charge is -2.14. The van der Waals surface area contributed by atoms with E-state index in [0.29, 0.717) is 38.8 Å². The lowest BCUT2D eigenvalue weighted by molar-refractivity contribution is -0.148. The van der Waals surface area contributed by atoms with Crippen LogP contribution in [0.1, 0.15) is 12.8 Å². The summed E-state index contributed by atoms with van der Waals surface area (Å²) in [4.78, 5) is 44.1. The number of amides is 4. The van der Waals surface area contributed by atoms with Crippen molar-refractivity contribution in [2.45, 2.75) is 12.8 Å². The van der Waals surface area contributed by atoms with Crippen molar-refractivity contribution in [2.24, 2.45) is 5.73 Å². The Morgan fingerprint density at radius 3 is 2.44 bits per heavy atom. The van der Waals surface area contributed by atoms with Gasteiger partial charge < -0.3 is 16.4 Å². The first kappa shape index (κ1) is 16.0. The van der Waals surface area contributed by atoms with Gasteiger partial charge in [0.25, 0.3) is 0 Å². The molecule has 0 aliphatic rings.